The number of nitrogens with zero attached hydrogens (tertiary/aromatic N) is 2. The highest BCUT2D eigenvalue weighted by Crippen LogP contribution is 2.22. The zero-order valence-electron chi connectivity index (χ0n) is 15.1. The average molecular weight is 327 g/mol. The lowest BCUT2D eigenvalue weighted by atomic mass is 10.1. The molecule has 1 atom stereocenters. The highest BCUT2D eigenvalue weighted by molar-refractivity contribution is 5.84. The van der Waals surface area contributed by atoms with Crippen LogP contribution in [0.3, 0.4) is 0 Å². The Morgan fingerprint density at radius 1 is 1.29 bits per heavy atom. The fraction of sp³-hybridized carbons (Fsp3) is 0.550. The molecule has 1 amide bonds. The molecule has 130 valence electrons. The molecule has 0 saturated carbocycles. The van der Waals surface area contributed by atoms with Crippen LogP contribution in [0.5, 0.6) is 0 Å². The molecule has 4 nitrogen and oxygen atoms in total. The first-order valence-corrected chi connectivity index (χ1v) is 9.10. The number of aromatic amines is 1. The number of carbonyl (C=O) groups excluding carboxylic acids is 1. The summed E-state index contributed by atoms with van der Waals surface area (Å²) < 4.78 is 0. The Morgan fingerprint density at radius 3 is 2.71 bits per heavy atom. The van der Waals surface area contributed by atoms with Gasteiger partial charge < -0.3 is 14.8 Å². The van der Waals surface area contributed by atoms with Crippen molar-refractivity contribution in [3.8, 4) is 0 Å². The van der Waals surface area contributed by atoms with Crippen LogP contribution < -0.4 is 0 Å². The van der Waals surface area contributed by atoms with E-state index in [1.807, 2.05) is 18.0 Å². The molecule has 2 heterocycles. The van der Waals surface area contributed by atoms with Gasteiger partial charge in [0.25, 0.3) is 0 Å². The van der Waals surface area contributed by atoms with Gasteiger partial charge in [0.05, 0.1) is 6.54 Å². The predicted molar refractivity (Wildman–Crippen MR) is 99.0 cm³/mol. The lowest BCUT2D eigenvalue weighted by molar-refractivity contribution is -0.130. The SMILES string of the molecule is Cc1c(CN(C)C(=O)CC[C@H](C)N2CCCC2)[nH]c2ccccc12. The maximum atomic E-state index is 12.5. The first kappa shape index (κ1) is 17.0. The number of amides is 1. The monoisotopic (exact) mass is 327 g/mol. The van der Waals surface area contributed by atoms with Crippen molar-refractivity contribution in [2.45, 2.75) is 52.1 Å². The maximum absolute atomic E-state index is 12.5. The summed E-state index contributed by atoms with van der Waals surface area (Å²) in [7, 11) is 1.91. The third kappa shape index (κ3) is 3.64. The molecule has 2 aromatic rings. The van der Waals surface area contributed by atoms with E-state index in [-0.39, 0.29) is 5.91 Å². The molecular weight excluding hydrogens is 298 g/mol. The summed E-state index contributed by atoms with van der Waals surface area (Å²) >= 11 is 0. The lowest BCUT2D eigenvalue weighted by Crippen LogP contribution is -2.32. The van der Waals surface area contributed by atoms with Crippen LogP contribution in [0.2, 0.25) is 0 Å². The number of benzene rings is 1. The number of fused-ring (bicyclic) bond motifs is 1. The average Bonchev–Trinajstić information content (AvgIpc) is 3.22. The summed E-state index contributed by atoms with van der Waals surface area (Å²) in [5, 5.41) is 1.25. The van der Waals surface area contributed by atoms with Crippen LogP contribution in [0, 0.1) is 6.92 Å². The summed E-state index contributed by atoms with van der Waals surface area (Å²) in [6, 6.07) is 8.83. The molecule has 1 aliphatic rings. The van der Waals surface area contributed by atoms with E-state index < -0.39 is 0 Å². The number of likely N-dealkylation sites (tertiary alicyclic amines) is 1. The molecule has 1 aromatic carbocycles. The van der Waals surface area contributed by atoms with Gasteiger partial charge >= 0.3 is 0 Å². The minimum atomic E-state index is 0.235. The smallest absolute Gasteiger partial charge is 0.222 e. The molecule has 24 heavy (non-hydrogen) atoms. The van der Waals surface area contributed by atoms with Crippen LogP contribution in [0.4, 0.5) is 0 Å². The fourth-order valence-corrected chi connectivity index (χ4v) is 3.71. The number of para-hydroxylation sites is 1. The lowest BCUT2D eigenvalue weighted by Gasteiger charge is -2.24. The summed E-state index contributed by atoms with van der Waals surface area (Å²) in [4.78, 5) is 20.3. The highest BCUT2D eigenvalue weighted by atomic mass is 16.2. The quantitative estimate of drug-likeness (QED) is 0.879. The van der Waals surface area contributed by atoms with Crippen LogP contribution in [0.15, 0.2) is 24.3 Å². The molecule has 1 saturated heterocycles. The van der Waals surface area contributed by atoms with Gasteiger partial charge in [-0.3, -0.25) is 4.79 Å². The molecule has 0 radical (unpaired) electrons. The Kier molecular flexibility index (Phi) is 5.24. The Bertz CT molecular complexity index is 700. The molecule has 1 aliphatic heterocycles. The normalized spacial score (nSPS) is 16.6. The second-order valence-corrected chi connectivity index (χ2v) is 7.15. The van der Waals surface area contributed by atoms with Crippen LogP contribution in [0.25, 0.3) is 10.9 Å². The number of hydrogen-bond acceptors (Lipinski definition) is 2. The molecule has 0 bridgehead atoms. The van der Waals surface area contributed by atoms with Crippen molar-refractivity contribution in [2.24, 2.45) is 0 Å². The zero-order valence-corrected chi connectivity index (χ0v) is 15.1. The molecule has 0 aliphatic carbocycles. The minimum absolute atomic E-state index is 0.235. The summed E-state index contributed by atoms with van der Waals surface area (Å²) in [5.41, 5.74) is 3.53. The van der Waals surface area contributed by atoms with E-state index in [0.717, 1.165) is 17.6 Å². The zero-order chi connectivity index (χ0) is 17.1. The van der Waals surface area contributed by atoms with E-state index >= 15 is 0 Å². The summed E-state index contributed by atoms with van der Waals surface area (Å²) in [6.45, 7) is 7.42. The highest BCUT2D eigenvalue weighted by Gasteiger charge is 2.20. The molecule has 1 aromatic heterocycles. The number of aryl methyl sites for hydroxylation is 1. The molecule has 1 N–H and O–H groups in total. The molecular formula is C20H29N3O. The molecule has 4 heteroatoms. The van der Waals surface area contributed by atoms with Crippen molar-refractivity contribution in [3.05, 3.63) is 35.5 Å². The van der Waals surface area contributed by atoms with E-state index in [9.17, 15) is 4.79 Å². The van der Waals surface area contributed by atoms with Crippen molar-refractivity contribution < 1.29 is 4.79 Å². The third-order valence-corrected chi connectivity index (χ3v) is 5.43. The molecule has 0 spiro atoms. The van der Waals surface area contributed by atoms with E-state index in [2.05, 4.69) is 41.9 Å². The number of rotatable bonds is 6. The van der Waals surface area contributed by atoms with E-state index in [1.165, 1.54) is 36.9 Å². The second-order valence-electron chi connectivity index (χ2n) is 7.15. The van der Waals surface area contributed by atoms with E-state index in [4.69, 9.17) is 0 Å². The maximum Gasteiger partial charge on any atom is 0.222 e. The van der Waals surface area contributed by atoms with Gasteiger partial charge in [0.1, 0.15) is 0 Å². The largest absolute Gasteiger partial charge is 0.357 e. The standard InChI is InChI=1S/C20H29N3O/c1-15(23-12-6-7-13-23)10-11-20(24)22(3)14-19-16(2)17-8-4-5-9-18(17)21-19/h4-5,8-9,15,21H,6-7,10-14H2,1-3H3/t15-/m0/s1. The van der Waals surface area contributed by atoms with Crippen LogP contribution in [-0.4, -0.2) is 46.9 Å². The Balaban J connectivity index is 1.56. The molecule has 0 unspecified atom stereocenters. The van der Waals surface area contributed by atoms with E-state index in [1.54, 1.807) is 0 Å². The van der Waals surface area contributed by atoms with Crippen molar-refractivity contribution >= 4 is 16.8 Å². The molecule has 3 rings (SSSR count). The van der Waals surface area contributed by atoms with Gasteiger partial charge in [-0.05, 0) is 57.8 Å². The Labute approximate surface area is 144 Å². The second kappa shape index (κ2) is 7.39. The van der Waals surface area contributed by atoms with Crippen molar-refractivity contribution in [3.63, 3.8) is 0 Å². The Hall–Kier alpha value is -1.81. The number of hydrogen-bond donors (Lipinski definition) is 1. The van der Waals surface area contributed by atoms with E-state index in [0.29, 0.717) is 19.0 Å². The van der Waals surface area contributed by atoms with Crippen LogP contribution >= 0.6 is 0 Å². The Morgan fingerprint density at radius 2 is 2.00 bits per heavy atom. The predicted octanol–water partition coefficient (Wildman–Crippen LogP) is 3.70. The topological polar surface area (TPSA) is 39.3 Å². The number of carbonyl (C=O) groups is 1. The minimum Gasteiger partial charge on any atom is -0.357 e. The number of nitrogens with one attached hydrogen (secondary N) is 1. The van der Waals surface area contributed by atoms with Crippen LogP contribution in [-0.2, 0) is 11.3 Å². The fourth-order valence-electron chi connectivity index (χ4n) is 3.71. The van der Waals surface area contributed by atoms with Gasteiger partial charge in [-0.2, -0.15) is 0 Å². The first-order valence-electron chi connectivity index (χ1n) is 9.10. The third-order valence-electron chi connectivity index (χ3n) is 5.43. The van der Waals surface area contributed by atoms with Crippen LogP contribution in [0.1, 0.15) is 43.9 Å². The van der Waals surface area contributed by atoms with Gasteiger partial charge in [-0.25, -0.2) is 0 Å². The number of aromatic nitrogens is 1. The van der Waals surface area contributed by atoms with Gasteiger partial charge in [0, 0.05) is 36.1 Å². The van der Waals surface area contributed by atoms with Gasteiger partial charge in [0.15, 0.2) is 0 Å². The van der Waals surface area contributed by atoms with Crippen molar-refractivity contribution in [1.82, 2.24) is 14.8 Å². The summed E-state index contributed by atoms with van der Waals surface area (Å²) in [5.74, 6) is 0.235. The number of H-pyrrole nitrogens is 1. The van der Waals surface area contributed by atoms with Gasteiger partial charge in [0.2, 0.25) is 5.91 Å². The van der Waals surface area contributed by atoms with Crippen molar-refractivity contribution in [2.75, 3.05) is 20.1 Å². The van der Waals surface area contributed by atoms with Gasteiger partial charge in [-0.15, -0.1) is 0 Å². The molecule has 1 fully saturated rings. The summed E-state index contributed by atoms with van der Waals surface area (Å²) in [6.07, 6.45) is 4.19. The first-order chi connectivity index (χ1) is 11.6. The van der Waals surface area contributed by atoms with Gasteiger partial charge in [-0.1, -0.05) is 18.2 Å². The van der Waals surface area contributed by atoms with Crippen molar-refractivity contribution in [1.29, 1.82) is 0 Å².